The van der Waals surface area contributed by atoms with Gasteiger partial charge in [-0.05, 0) is 24.6 Å². The highest BCUT2D eigenvalue weighted by Crippen LogP contribution is 2.19. The summed E-state index contributed by atoms with van der Waals surface area (Å²) in [5.74, 6) is 1.34. The quantitative estimate of drug-likeness (QED) is 0.566. The van der Waals surface area contributed by atoms with Crippen LogP contribution in [0.3, 0.4) is 0 Å². The molecule has 3 rings (SSSR count). The van der Waals surface area contributed by atoms with Gasteiger partial charge in [0.05, 0.1) is 11.9 Å². The molecule has 0 bridgehead atoms. The summed E-state index contributed by atoms with van der Waals surface area (Å²) in [4.78, 5) is 8.81. The fraction of sp³-hybridized carbons (Fsp3) is 0.0556. The number of hydrogen-bond donors (Lipinski definition) is 1. The molecule has 0 saturated carbocycles. The summed E-state index contributed by atoms with van der Waals surface area (Å²) >= 11 is 5.86. The molecule has 0 spiro atoms. The van der Waals surface area contributed by atoms with Crippen LogP contribution in [-0.2, 0) is 0 Å². The van der Waals surface area contributed by atoms with Crippen molar-refractivity contribution in [3.05, 3.63) is 77.1 Å². The van der Waals surface area contributed by atoms with Crippen molar-refractivity contribution >= 4 is 23.6 Å². The van der Waals surface area contributed by atoms with Crippen molar-refractivity contribution in [2.45, 2.75) is 6.92 Å². The number of hydrazone groups is 1. The zero-order valence-electron chi connectivity index (χ0n) is 12.6. The summed E-state index contributed by atoms with van der Waals surface area (Å²) in [5, 5.41) is 4.91. The highest BCUT2D eigenvalue weighted by atomic mass is 35.5. The predicted octanol–water partition coefficient (Wildman–Crippen LogP) is 4.55. The Balaban J connectivity index is 1.78. The zero-order chi connectivity index (χ0) is 16.1. The molecule has 0 unspecified atom stereocenters. The van der Waals surface area contributed by atoms with E-state index in [1.54, 1.807) is 6.21 Å². The molecule has 2 aromatic carbocycles. The summed E-state index contributed by atoms with van der Waals surface area (Å²) in [6, 6.07) is 19.3. The van der Waals surface area contributed by atoms with E-state index in [-0.39, 0.29) is 0 Å². The summed E-state index contributed by atoms with van der Waals surface area (Å²) in [5.41, 5.74) is 5.81. The number of aromatic nitrogens is 2. The van der Waals surface area contributed by atoms with Gasteiger partial charge in [0, 0.05) is 16.7 Å². The van der Waals surface area contributed by atoms with Crippen molar-refractivity contribution in [2.24, 2.45) is 5.10 Å². The van der Waals surface area contributed by atoms with Crippen LogP contribution in [0, 0.1) is 6.92 Å². The lowest BCUT2D eigenvalue weighted by molar-refractivity contribution is 1.05. The van der Waals surface area contributed by atoms with E-state index in [1.807, 2.05) is 67.6 Å². The van der Waals surface area contributed by atoms with E-state index >= 15 is 0 Å². The summed E-state index contributed by atoms with van der Waals surface area (Å²) in [6.07, 6.45) is 1.72. The van der Waals surface area contributed by atoms with Gasteiger partial charge in [-0.3, -0.25) is 5.43 Å². The molecular weight excluding hydrogens is 308 g/mol. The maximum absolute atomic E-state index is 5.86. The molecule has 0 saturated heterocycles. The minimum atomic E-state index is 0.654. The number of nitrogens with one attached hydrogen (secondary N) is 1. The Labute approximate surface area is 139 Å². The third kappa shape index (κ3) is 4.14. The molecule has 23 heavy (non-hydrogen) atoms. The summed E-state index contributed by atoms with van der Waals surface area (Å²) in [7, 11) is 0. The SMILES string of the molecule is Cc1nc(N/N=C/c2ccc(Cl)cc2)cc(-c2ccccc2)n1. The Kier molecular flexibility index (Phi) is 4.64. The van der Waals surface area contributed by atoms with Gasteiger partial charge in [-0.15, -0.1) is 0 Å². The van der Waals surface area contributed by atoms with Gasteiger partial charge in [0.1, 0.15) is 11.6 Å². The second kappa shape index (κ2) is 7.03. The summed E-state index contributed by atoms with van der Waals surface area (Å²) < 4.78 is 0. The van der Waals surface area contributed by atoms with Crippen LogP contribution in [0.2, 0.25) is 5.02 Å². The molecule has 1 aromatic heterocycles. The molecule has 5 heteroatoms. The molecule has 3 aromatic rings. The fourth-order valence-electron chi connectivity index (χ4n) is 2.10. The first-order chi connectivity index (χ1) is 11.2. The standard InChI is InChI=1S/C18H15ClN4/c1-13-21-17(15-5-3-2-4-6-15)11-18(22-13)23-20-12-14-7-9-16(19)10-8-14/h2-12H,1H3,(H,21,22,23)/b20-12+. The molecule has 1 heterocycles. The van der Waals surface area contributed by atoms with Crippen molar-refractivity contribution in [1.29, 1.82) is 0 Å². The number of anilines is 1. The molecule has 114 valence electrons. The number of hydrogen-bond acceptors (Lipinski definition) is 4. The Morgan fingerprint density at radius 2 is 1.74 bits per heavy atom. The lowest BCUT2D eigenvalue weighted by Gasteiger charge is -2.05. The molecule has 0 fully saturated rings. The maximum Gasteiger partial charge on any atom is 0.150 e. The molecule has 1 N–H and O–H groups in total. The van der Waals surface area contributed by atoms with Crippen molar-refractivity contribution in [3.8, 4) is 11.3 Å². The van der Waals surface area contributed by atoms with E-state index in [2.05, 4.69) is 20.5 Å². The van der Waals surface area contributed by atoms with Crippen molar-refractivity contribution in [3.63, 3.8) is 0 Å². The molecule has 0 aliphatic rings. The van der Waals surface area contributed by atoms with E-state index in [9.17, 15) is 0 Å². The van der Waals surface area contributed by atoms with Crippen LogP contribution in [0.15, 0.2) is 65.8 Å². The third-order valence-electron chi connectivity index (χ3n) is 3.17. The fourth-order valence-corrected chi connectivity index (χ4v) is 2.23. The highest BCUT2D eigenvalue weighted by molar-refractivity contribution is 6.30. The number of benzene rings is 2. The van der Waals surface area contributed by atoms with Crippen LogP contribution < -0.4 is 5.43 Å². The monoisotopic (exact) mass is 322 g/mol. The van der Waals surface area contributed by atoms with Crippen molar-refractivity contribution < 1.29 is 0 Å². The predicted molar refractivity (Wildman–Crippen MR) is 94.9 cm³/mol. The van der Waals surface area contributed by atoms with Gasteiger partial charge in [0.15, 0.2) is 0 Å². The van der Waals surface area contributed by atoms with Gasteiger partial charge < -0.3 is 0 Å². The van der Waals surface area contributed by atoms with Gasteiger partial charge in [0.25, 0.3) is 0 Å². The topological polar surface area (TPSA) is 50.2 Å². The van der Waals surface area contributed by atoms with Gasteiger partial charge in [0.2, 0.25) is 0 Å². The van der Waals surface area contributed by atoms with Gasteiger partial charge in [-0.25, -0.2) is 9.97 Å². The maximum atomic E-state index is 5.86. The largest absolute Gasteiger partial charge is 0.261 e. The van der Waals surface area contributed by atoms with Crippen LogP contribution in [0.25, 0.3) is 11.3 Å². The lowest BCUT2D eigenvalue weighted by atomic mass is 10.1. The van der Waals surface area contributed by atoms with Crippen LogP contribution in [0.4, 0.5) is 5.82 Å². The first kappa shape index (κ1) is 15.2. The molecule has 0 atom stereocenters. The average molecular weight is 323 g/mol. The highest BCUT2D eigenvalue weighted by Gasteiger charge is 2.03. The molecule has 4 nitrogen and oxygen atoms in total. The van der Waals surface area contributed by atoms with Crippen molar-refractivity contribution in [1.82, 2.24) is 9.97 Å². The minimum absolute atomic E-state index is 0.654. The van der Waals surface area contributed by atoms with E-state index in [0.717, 1.165) is 16.8 Å². The van der Waals surface area contributed by atoms with Crippen LogP contribution in [0.5, 0.6) is 0 Å². The third-order valence-corrected chi connectivity index (χ3v) is 3.42. The first-order valence-electron chi connectivity index (χ1n) is 7.16. The second-order valence-corrected chi connectivity index (χ2v) is 5.41. The number of aryl methyl sites for hydroxylation is 1. The van der Waals surface area contributed by atoms with Crippen LogP contribution >= 0.6 is 11.6 Å². The Hall–Kier alpha value is -2.72. The molecule has 0 aliphatic carbocycles. The van der Waals surface area contributed by atoms with Gasteiger partial charge in [-0.2, -0.15) is 5.10 Å². The molecule has 0 aliphatic heterocycles. The van der Waals surface area contributed by atoms with Crippen LogP contribution in [0.1, 0.15) is 11.4 Å². The number of rotatable bonds is 4. The first-order valence-corrected chi connectivity index (χ1v) is 7.54. The Morgan fingerprint density at radius 1 is 1.00 bits per heavy atom. The minimum Gasteiger partial charge on any atom is -0.261 e. The normalized spacial score (nSPS) is 10.9. The Morgan fingerprint density at radius 3 is 2.48 bits per heavy atom. The smallest absolute Gasteiger partial charge is 0.150 e. The van der Waals surface area contributed by atoms with Crippen molar-refractivity contribution in [2.75, 3.05) is 5.43 Å². The summed E-state index contributed by atoms with van der Waals surface area (Å²) in [6.45, 7) is 1.86. The van der Waals surface area contributed by atoms with E-state index in [4.69, 9.17) is 11.6 Å². The Bertz CT molecular complexity index is 814. The lowest BCUT2D eigenvalue weighted by Crippen LogP contribution is -1.98. The number of nitrogens with zero attached hydrogens (tertiary/aromatic N) is 3. The second-order valence-electron chi connectivity index (χ2n) is 4.97. The number of halogens is 1. The zero-order valence-corrected chi connectivity index (χ0v) is 13.3. The average Bonchev–Trinajstić information content (AvgIpc) is 2.57. The van der Waals surface area contributed by atoms with Gasteiger partial charge in [-0.1, -0.05) is 54.1 Å². The van der Waals surface area contributed by atoms with E-state index in [1.165, 1.54) is 0 Å². The molecule has 0 amide bonds. The van der Waals surface area contributed by atoms with Gasteiger partial charge >= 0.3 is 0 Å². The van der Waals surface area contributed by atoms with E-state index < -0.39 is 0 Å². The van der Waals surface area contributed by atoms with Crippen LogP contribution in [-0.4, -0.2) is 16.2 Å². The van der Waals surface area contributed by atoms with E-state index in [0.29, 0.717) is 16.7 Å². The molecular formula is C18H15ClN4. The molecule has 0 radical (unpaired) electrons.